The molecule has 1 saturated carbocycles. The number of nitrogens with one attached hydrogen (secondary N) is 1. The van der Waals surface area contributed by atoms with Crippen LogP contribution < -0.4 is 5.32 Å². The van der Waals surface area contributed by atoms with Crippen LogP contribution in [-0.2, 0) is 4.79 Å². The van der Waals surface area contributed by atoms with E-state index in [1.54, 1.807) is 12.1 Å². The van der Waals surface area contributed by atoms with Crippen LogP contribution in [0.1, 0.15) is 41.6 Å². The van der Waals surface area contributed by atoms with E-state index in [1.165, 1.54) is 11.0 Å². The third kappa shape index (κ3) is 2.91. The summed E-state index contributed by atoms with van der Waals surface area (Å²) in [7, 11) is 0. The summed E-state index contributed by atoms with van der Waals surface area (Å²) in [4.78, 5) is 26.2. The standard InChI is InChI=1S/C16H19FN2O2/c1-10-4-7-13(17)12(9-10)16(21)19-8-2-3-14(19)15(20)18-11-5-6-11/h4,7,9,11,14H,2-3,5-6,8H2,1H3,(H,18,20). The maximum atomic E-state index is 13.9. The second-order valence-electron chi connectivity index (χ2n) is 5.92. The minimum Gasteiger partial charge on any atom is -0.352 e. The smallest absolute Gasteiger partial charge is 0.257 e. The first-order chi connectivity index (χ1) is 10.1. The largest absolute Gasteiger partial charge is 0.352 e. The van der Waals surface area contributed by atoms with Crippen molar-refractivity contribution in [3.8, 4) is 0 Å². The fraction of sp³-hybridized carbons (Fsp3) is 0.500. The molecule has 0 spiro atoms. The number of amides is 2. The fourth-order valence-corrected chi connectivity index (χ4v) is 2.77. The SMILES string of the molecule is Cc1ccc(F)c(C(=O)N2CCCC2C(=O)NC2CC2)c1. The molecule has 0 bridgehead atoms. The van der Waals surface area contributed by atoms with Gasteiger partial charge >= 0.3 is 0 Å². The van der Waals surface area contributed by atoms with Crippen LogP contribution in [0.15, 0.2) is 18.2 Å². The Hall–Kier alpha value is -1.91. The van der Waals surface area contributed by atoms with E-state index >= 15 is 0 Å². The molecule has 21 heavy (non-hydrogen) atoms. The average molecular weight is 290 g/mol. The molecule has 2 amide bonds. The van der Waals surface area contributed by atoms with E-state index in [4.69, 9.17) is 0 Å². The van der Waals surface area contributed by atoms with Crippen LogP contribution in [0.4, 0.5) is 4.39 Å². The lowest BCUT2D eigenvalue weighted by Gasteiger charge is -2.24. The molecule has 0 aromatic heterocycles. The highest BCUT2D eigenvalue weighted by Crippen LogP contribution is 2.24. The predicted octanol–water partition coefficient (Wildman–Crippen LogP) is 2.02. The average Bonchev–Trinajstić information content (AvgIpc) is 3.13. The summed E-state index contributed by atoms with van der Waals surface area (Å²) >= 11 is 0. The number of nitrogens with zero attached hydrogens (tertiary/aromatic N) is 1. The molecule has 1 atom stereocenters. The maximum absolute atomic E-state index is 13.9. The molecule has 2 aliphatic rings. The summed E-state index contributed by atoms with van der Waals surface area (Å²) in [6.45, 7) is 2.33. The third-order valence-corrected chi connectivity index (χ3v) is 4.09. The van der Waals surface area contributed by atoms with E-state index in [2.05, 4.69) is 5.32 Å². The summed E-state index contributed by atoms with van der Waals surface area (Å²) in [6.07, 6.45) is 3.46. The molecule has 1 aliphatic heterocycles. The van der Waals surface area contributed by atoms with Gasteiger partial charge in [-0.05, 0) is 44.7 Å². The molecule has 1 aromatic rings. The van der Waals surface area contributed by atoms with Gasteiger partial charge in [0, 0.05) is 12.6 Å². The minimum absolute atomic E-state index is 0.0566. The van der Waals surface area contributed by atoms with E-state index in [1.807, 2.05) is 6.92 Å². The molecule has 1 aromatic carbocycles. The van der Waals surface area contributed by atoms with Crippen molar-refractivity contribution in [1.82, 2.24) is 10.2 Å². The molecule has 112 valence electrons. The molecule has 1 saturated heterocycles. The normalized spacial score (nSPS) is 21.4. The van der Waals surface area contributed by atoms with E-state index in [-0.39, 0.29) is 23.4 Å². The summed E-state index contributed by atoms with van der Waals surface area (Å²) in [5, 5.41) is 2.93. The van der Waals surface area contributed by atoms with Gasteiger partial charge in [-0.15, -0.1) is 0 Å². The maximum Gasteiger partial charge on any atom is 0.257 e. The van der Waals surface area contributed by atoms with Crippen LogP contribution in [0.3, 0.4) is 0 Å². The van der Waals surface area contributed by atoms with Gasteiger partial charge in [-0.1, -0.05) is 11.6 Å². The Morgan fingerprint density at radius 1 is 1.29 bits per heavy atom. The summed E-state index contributed by atoms with van der Waals surface area (Å²) < 4.78 is 13.9. The molecular weight excluding hydrogens is 271 g/mol. The van der Waals surface area contributed by atoms with Gasteiger partial charge in [0.15, 0.2) is 0 Å². The number of carbonyl (C=O) groups is 2. The summed E-state index contributed by atoms with van der Waals surface area (Å²) in [6, 6.07) is 4.29. The van der Waals surface area contributed by atoms with Crippen LogP contribution in [-0.4, -0.2) is 35.3 Å². The van der Waals surface area contributed by atoms with E-state index < -0.39 is 11.9 Å². The molecule has 1 N–H and O–H groups in total. The lowest BCUT2D eigenvalue weighted by Crippen LogP contribution is -2.46. The van der Waals surface area contributed by atoms with Crippen molar-refractivity contribution >= 4 is 11.8 Å². The third-order valence-electron chi connectivity index (χ3n) is 4.09. The van der Waals surface area contributed by atoms with Crippen LogP contribution in [0, 0.1) is 12.7 Å². The van der Waals surface area contributed by atoms with E-state index in [9.17, 15) is 14.0 Å². The molecule has 1 aliphatic carbocycles. The number of carbonyl (C=O) groups excluding carboxylic acids is 2. The highest BCUT2D eigenvalue weighted by atomic mass is 19.1. The minimum atomic E-state index is -0.529. The number of benzene rings is 1. The van der Waals surface area contributed by atoms with Crippen LogP contribution in [0.5, 0.6) is 0 Å². The van der Waals surface area contributed by atoms with Gasteiger partial charge in [0.2, 0.25) is 5.91 Å². The number of aryl methyl sites for hydroxylation is 1. The molecular formula is C16H19FN2O2. The Kier molecular flexibility index (Phi) is 3.66. The number of halogens is 1. The molecule has 1 heterocycles. The lowest BCUT2D eigenvalue weighted by molar-refractivity contribution is -0.125. The molecule has 5 heteroatoms. The topological polar surface area (TPSA) is 49.4 Å². The first-order valence-corrected chi connectivity index (χ1v) is 7.44. The van der Waals surface area contributed by atoms with Crippen molar-refractivity contribution in [3.05, 3.63) is 35.1 Å². The lowest BCUT2D eigenvalue weighted by atomic mass is 10.1. The number of hydrogen-bond donors (Lipinski definition) is 1. The predicted molar refractivity (Wildman–Crippen MR) is 76.4 cm³/mol. The van der Waals surface area contributed by atoms with Crippen LogP contribution in [0.2, 0.25) is 0 Å². The molecule has 0 radical (unpaired) electrons. The van der Waals surface area contributed by atoms with Crippen molar-refractivity contribution in [1.29, 1.82) is 0 Å². The van der Waals surface area contributed by atoms with Gasteiger partial charge in [0.25, 0.3) is 5.91 Å². The Morgan fingerprint density at radius 3 is 2.76 bits per heavy atom. The quantitative estimate of drug-likeness (QED) is 0.926. The molecule has 1 unspecified atom stereocenters. The highest BCUT2D eigenvalue weighted by molar-refractivity contribution is 5.98. The summed E-state index contributed by atoms with van der Waals surface area (Å²) in [5.74, 6) is -1.01. The van der Waals surface area contributed by atoms with Gasteiger partial charge in [-0.2, -0.15) is 0 Å². The van der Waals surface area contributed by atoms with Gasteiger partial charge in [-0.25, -0.2) is 4.39 Å². The number of rotatable bonds is 3. The second-order valence-corrected chi connectivity index (χ2v) is 5.92. The Bertz CT molecular complexity index is 584. The van der Waals surface area contributed by atoms with Crippen molar-refractivity contribution in [3.63, 3.8) is 0 Å². The van der Waals surface area contributed by atoms with Crippen molar-refractivity contribution in [2.75, 3.05) is 6.54 Å². The monoisotopic (exact) mass is 290 g/mol. The fourth-order valence-electron chi connectivity index (χ4n) is 2.77. The van der Waals surface area contributed by atoms with Gasteiger partial charge in [0.1, 0.15) is 11.9 Å². The van der Waals surface area contributed by atoms with E-state index in [0.717, 1.165) is 24.8 Å². The van der Waals surface area contributed by atoms with E-state index in [0.29, 0.717) is 13.0 Å². The van der Waals surface area contributed by atoms with Crippen molar-refractivity contribution in [2.45, 2.75) is 44.7 Å². The number of likely N-dealkylation sites (tertiary alicyclic amines) is 1. The van der Waals surface area contributed by atoms with Gasteiger partial charge in [0.05, 0.1) is 5.56 Å². The molecule has 2 fully saturated rings. The van der Waals surface area contributed by atoms with Crippen LogP contribution in [0.25, 0.3) is 0 Å². The zero-order valence-corrected chi connectivity index (χ0v) is 12.1. The van der Waals surface area contributed by atoms with Gasteiger partial charge < -0.3 is 10.2 Å². The highest BCUT2D eigenvalue weighted by Gasteiger charge is 2.37. The second kappa shape index (κ2) is 5.47. The number of hydrogen-bond acceptors (Lipinski definition) is 2. The zero-order valence-electron chi connectivity index (χ0n) is 12.1. The zero-order chi connectivity index (χ0) is 15.0. The summed E-state index contributed by atoms with van der Waals surface area (Å²) in [5.41, 5.74) is 0.888. The van der Waals surface area contributed by atoms with Crippen molar-refractivity contribution in [2.24, 2.45) is 0 Å². The first kappa shape index (κ1) is 14.0. The van der Waals surface area contributed by atoms with Gasteiger partial charge in [-0.3, -0.25) is 9.59 Å². The molecule has 3 rings (SSSR count). The Labute approximate surface area is 123 Å². The van der Waals surface area contributed by atoms with Crippen LogP contribution >= 0.6 is 0 Å². The molecule has 4 nitrogen and oxygen atoms in total. The Balaban J connectivity index is 1.78. The first-order valence-electron chi connectivity index (χ1n) is 7.44. The Morgan fingerprint density at radius 2 is 2.05 bits per heavy atom. The van der Waals surface area contributed by atoms with Crippen molar-refractivity contribution < 1.29 is 14.0 Å².